The molecule has 8 rings (SSSR count). The van der Waals surface area contributed by atoms with Crippen LogP contribution in [-0.4, -0.2) is 47.1 Å². The Labute approximate surface area is 345 Å². The Kier molecular flexibility index (Phi) is 13.7. The molecule has 0 unspecified atom stereocenters. The zero-order valence-electron chi connectivity index (χ0n) is 30.8. The van der Waals surface area contributed by atoms with Crippen LogP contribution in [0.3, 0.4) is 0 Å². The molecule has 0 atom stereocenters. The van der Waals surface area contributed by atoms with Crippen LogP contribution >= 0.6 is 11.6 Å². The van der Waals surface area contributed by atoms with Gasteiger partial charge in [-0.25, -0.2) is 42.3 Å². The molecular weight excluding hydrogens is 795 g/mol. The Bertz CT molecular complexity index is 2720. The second-order valence-electron chi connectivity index (χ2n) is 12.3. The topological polar surface area (TPSA) is 146 Å². The Morgan fingerprint density at radius 3 is 1.25 bits per heavy atom. The van der Waals surface area contributed by atoms with Gasteiger partial charge in [0.25, 0.3) is 0 Å². The monoisotopic (exact) mass is 820 g/mol. The molecule has 0 amide bonds. The third-order valence-corrected chi connectivity index (χ3v) is 8.40. The fourth-order valence-electron chi connectivity index (χ4n) is 5.35. The number of hydrogen-bond donors (Lipinski definition) is 2. The summed E-state index contributed by atoms with van der Waals surface area (Å²) < 4.78 is 53.0. The standard InChI is InChI=1S/C22H12F2N4.C15H10ClN3.C7H4BF2NO2/c1-25-18-13-16(12-17(23)19(18)24)22-27-20(14-8-4-2-5-9-14)26-21(28-22)15-10-6-3-7-11-15;16-15-18-13(11-7-3-1-4-8-11)17-14(19-15)12-9-5-2-6-10-12;9-6-2-5(8(12)13)1-4(3-11)7(6)10/h2-13H;1-10H;1-2,12-13H. The number of hydrogen-bond acceptors (Lipinski definition) is 9. The van der Waals surface area contributed by atoms with Crippen molar-refractivity contribution in [3.05, 3.63) is 191 Å². The third kappa shape index (κ3) is 10.4. The van der Waals surface area contributed by atoms with Gasteiger partial charge in [0.1, 0.15) is 11.9 Å². The lowest BCUT2D eigenvalue weighted by atomic mass is 9.79. The molecule has 0 saturated carbocycles. The maximum absolute atomic E-state index is 14.0. The number of halogens is 5. The summed E-state index contributed by atoms with van der Waals surface area (Å²) in [5, 5.41) is 25.8. The van der Waals surface area contributed by atoms with E-state index in [-0.39, 0.29) is 22.1 Å². The average molecular weight is 821 g/mol. The predicted octanol–water partition coefficient (Wildman–Crippen LogP) is 9.08. The first-order valence-corrected chi connectivity index (χ1v) is 17.9. The van der Waals surface area contributed by atoms with Crippen molar-refractivity contribution in [3.8, 4) is 63.0 Å². The van der Waals surface area contributed by atoms with E-state index in [1.165, 1.54) is 12.1 Å². The van der Waals surface area contributed by atoms with Crippen LogP contribution in [0.5, 0.6) is 0 Å². The van der Waals surface area contributed by atoms with Crippen LogP contribution in [0, 0.1) is 41.2 Å². The lowest BCUT2D eigenvalue weighted by Gasteiger charge is -2.09. The molecular formula is C44H26BClF4N8O2. The Balaban J connectivity index is 0.000000163. The molecule has 8 aromatic rings. The van der Waals surface area contributed by atoms with Crippen molar-refractivity contribution in [1.82, 2.24) is 29.9 Å². The first-order valence-electron chi connectivity index (χ1n) is 17.6. The zero-order chi connectivity index (χ0) is 42.6. The highest BCUT2D eigenvalue weighted by molar-refractivity contribution is 6.58. The fourth-order valence-corrected chi connectivity index (χ4v) is 5.51. The summed E-state index contributed by atoms with van der Waals surface area (Å²) in [6, 6.07) is 43.1. The molecule has 0 radical (unpaired) electrons. The van der Waals surface area contributed by atoms with Crippen molar-refractivity contribution >= 4 is 29.9 Å². The summed E-state index contributed by atoms with van der Waals surface area (Å²) >= 11 is 5.99. The van der Waals surface area contributed by atoms with Crippen molar-refractivity contribution in [1.29, 1.82) is 5.26 Å². The smallest absolute Gasteiger partial charge is 0.423 e. The molecule has 0 aliphatic carbocycles. The summed E-state index contributed by atoms with van der Waals surface area (Å²) in [6.45, 7) is 7.06. The second kappa shape index (κ2) is 19.6. The molecule has 2 aromatic heterocycles. The highest BCUT2D eigenvalue weighted by atomic mass is 35.5. The number of rotatable bonds is 6. The molecule has 10 nitrogen and oxygen atoms in total. The van der Waals surface area contributed by atoms with Gasteiger partial charge in [-0.1, -0.05) is 121 Å². The van der Waals surface area contributed by atoms with E-state index in [9.17, 15) is 17.6 Å². The van der Waals surface area contributed by atoms with Crippen LogP contribution in [0.25, 0.3) is 61.8 Å². The number of nitrogens with zero attached hydrogens (tertiary/aromatic N) is 8. The zero-order valence-corrected chi connectivity index (χ0v) is 31.6. The van der Waals surface area contributed by atoms with Crippen LogP contribution in [0.1, 0.15) is 5.56 Å². The van der Waals surface area contributed by atoms with E-state index in [1.807, 2.05) is 121 Å². The SMILES string of the molecule is Clc1nc(-c2ccccc2)nc(-c2ccccc2)n1.N#Cc1cc(B(O)O)cc(F)c1F.[C-]#[N+]c1cc(-c2nc(-c3ccccc3)nc(-c3ccccc3)n2)cc(F)c1F. The Hall–Kier alpha value is -7.69. The summed E-state index contributed by atoms with van der Waals surface area (Å²) in [6.07, 6.45) is 0. The lowest BCUT2D eigenvalue weighted by Crippen LogP contribution is -2.30. The number of nitriles is 1. The van der Waals surface area contributed by atoms with Crippen molar-refractivity contribution in [2.24, 2.45) is 0 Å². The minimum Gasteiger partial charge on any atom is -0.423 e. The lowest BCUT2D eigenvalue weighted by molar-refractivity contribution is 0.425. The van der Waals surface area contributed by atoms with Gasteiger partial charge in [0.05, 0.1) is 12.1 Å². The molecule has 6 aromatic carbocycles. The van der Waals surface area contributed by atoms with E-state index in [2.05, 4.69) is 34.7 Å². The number of aromatic nitrogens is 6. The number of benzene rings is 6. The second-order valence-corrected chi connectivity index (χ2v) is 12.6. The average Bonchev–Trinajstić information content (AvgIpc) is 3.29. The molecule has 60 heavy (non-hydrogen) atoms. The summed E-state index contributed by atoms with van der Waals surface area (Å²) in [7, 11) is -1.91. The molecule has 2 heterocycles. The van der Waals surface area contributed by atoms with Gasteiger partial charge in [0.2, 0.25) is 11.0 Å². The summed E-state index contributed by atoms with van der Waals surface area (Å²) in [4.78, 5) is 29.2. The minimum atomic E-state index is -1.91. The van der Waals surface area contributed by atoms with Gasteiger partial charge in [-0.15, -0.1) is 0 Å². The van der Waals surface area contributed by atoms with Crippen molar-refractivity contribution in [3.63, 3.8) is 0 Å². The van der Waals surface area contributed by atoms with E-state index in [0.29, 0.717) is 29.4 Å². The molecule has 16 heteroatoms. The van der Waals surface area contributed by atoms with Crippen LogP contribution in [0.15, 0.2) is 146 Å². The molecule has 0 saturated heterocycles. The normalized spacial score (nSPS) is 10.2. The van der Waals surface area contributed by atoms with Gasteiger partial charge in [-0.05, 0) is 41.3 Å². The van der Waals surface area contributed by atoms with Crippen LogP contribution < -0.4 is 5.46 Å². The van der Waals surface area contributed by atoms with Gasteiger partial charge in [-0.2, -0.15) is 15.2 Å². The van der Waals surface area contributed by atoms with Gasteiger partial charge < -0.3 is 10.0 Å². The molecule has 0 spiro atoms. The van der Waals surface area contributed by atoms with Crippen molar-refractivity contribution in [2.45, 2.75) is 0 Å². The van der Waals surface area contributed by atoms with Gasteiger partial charge >= 0.3 is 7.12 Å². The predicted molar refractivity (Wildman–Crippen MR) is 219 cm³/mol. The van der Waals surface area contributed by atoms with Crippen LogP contribution in [0.4, 0.5) is 23.2 Å². The van der Waals surface area contributed by atoms with Crippen LogP contribution in [-0.2, 0) is 0 Å². The Morgan fingerprint density at radius 1 is 0.517 bits per heavy atom. The first kappa shape index (κ1) is 41.9. The highest BCUT2D eigenvalue weighted by Gasteiger charge is 2.18. The minimum absolute atomic E-state index is 0.163. The maximum atomic E-state index is 14.0. The van der Waals surface area contributed by atoms with E-state index >= 15 is 0 Å². The van der Waals surface area contributed by atoms with Gasteiger partial charge in [-0.3, -0.25) is 0 Å². The summed E-state index contributed by atoms with van der Waals surface area (Å²) in [5.41, 5.74) is 2.35. The molecule has 0 aliphatic heterocycles. The van der Waals surface area contributed by atoms with Crippen molar-refractivity contribution < 1.29 is 27.6 Å². The first-order chi connectivity index (χ1) is 29.0. The molecule has 0 bridgehead atoms. The molecule has 292 valence electrons. The molecule has 2 N–H and O–H groups in total. The molecule has 0 aliphatic rings. The Morgan fingerprint density at radius 2 is 0.883 bits per heavy atom. The van der Waals surface area contributed by atoms with E-state index in [0.717, 1.165) is 34.4 Å². The fraction of sp³-hybridized carbons (Fsp3) is 0. The third-order valence-electron chi connectivity index (χ3n) is 8.23. The molecule has 0 fully saturated rings. The highest BCUT2D eigenvalue weighted by Crippen LogP contribution is 2.30. The quantitative estimate of drug-likeness (QED) is 0.0953. The van der Waals surface area contributed by atoms with Crippen LogP contribution in [0.2, 0.25) is 5.28 Å². The largest absolute Gasteiger partial charge is 0.488 e. The van der Waals surface area contributed by atoms with Gasteiger partial charge in [0.15, 0.2) is 46.6 Å². The van der Waals surface area contributed by atoms with Crippen molar-refractivity contribution in [2.75, 3.05) is 0 Å². The van der Waals surface area contributed by atoms with E-state index < -0.39 is 41.6 Å². The summed E-state index contributed by atoms with van der Waals surface area (Å²) in [5.74, 6) is -2.73. The van der Waals surface area contributed by atoms with Gasteiger partial charge in [0, 0.05) is 27.8 Å². The maximum Gasteiger partial charge on any atom is 0.488 e. The van der Waals surface area contributed by atoms with E-state index in [1.54, 1.807) is 0 Å². The van der Waals surface area contributed by atoms with E-state index in [4.69, 9.17) is 33.5 Å².